The van der Waals surface area contributed by atoms with E-state index < -0.39 is 0 Å². The van der Waals surface area contributed by atoms with Crippen molar-refractivity contribution in [3.8, 4) is 0 Å². The zero-order valence-corrected chi connectivity index (χ0v) is 11.3. The monoisotopic (exact) mass is 228 g/mol. The lowest BCUT2D eigenvalue weighted by molar-refractivity contribution is -0.0792. The molecule has 1 unspecified atom stereocenters. The highest BCUT2D eigenvalue weighted by molar-refractivity contribution is 4.77. The Balaban J connectivity index is 2.21. The van der Waals surface area contributed by atoms with Gasteiger partial charge in [-0.2, -0.15) is 0 Å². The molecular weight excluding hydrogens is 200 g/mol. The van der Waals surface area contributed by atoms with Crippen molar-refractivity contribution < 1.29 is 4.74 Å². The van der Waals surface area contributed by atoms with Gasteiger partial charge in [0.2, 0.25) is 0 Å². The summed E-state index contributed by atoms with van der Waals surface area (Å²) in [4.78, 5) is 2.57. The molecule has 1 N–H and O–H groups in total. The molecule has 1 aliphatic rings. The first kappa shape index (κ1) is 13.9. The topological polar surface area (TPSA) is 24.5 Å². The van der Waals surface area contributed by atoms with Crippen LogP contribution in [0.15, 0.2) is 0 Å². The van der Waals surface area contributed by atoms with Crippen LogP contribution < -0.4 is 5.32 Å². The van der Waals surface area contributed by atoms with Gasteiger partial charge in [0.1, 0.15) is 0 Å². The van der Waals surface area contributed by atoms with Gasteiger partial charge in [-0.05, 0) is 46.7 Å². The van der Waals surface area contributed by atoms with E-state index >= 15 is 0 Å². The van der Waals surface area contributed by atoms with Crippen LogP contribution in [0.1, 0.15) is 40.5 Å². The minimum atomic E-state index is 0.389. The molecule has 0 amide bonds. The summed E-state index contributed by atoms with van der Waals surface area (Å²) in [5.74, 6) is 0. The number of nitrogens with one attached hydrogen (secondary N) is 1. The van der Waals surface area contributed by atoms with Gasteiger partial charge < -0.3 is 10.1 Å². The SMILES string of the molecule is CCNCCCC(C)N1C[C@@H](C)O[C@@H](C)C1. The number of rotatable bonds is 6. The van der Waals surface area contributed by atoms with Crippen molar-refractivity contribution in [3.63, 3.8) is 0 Å². The molecule has 0 aliphatic carbocycles. The Hall–Kier alpha value is -0.120. The van der Waals surface area contributed by atoms with Crippen LogP contribution >= 0.6 is 0 Å². The van der Waals surface area contributed by atoms with E-state index in [9.17, 15) is 0 Å². The summed E-state index contributed by atoms with van der Waals surface area (Å²) in [7, 11) is 0. The van der Waals surface area contributed by atoms with Gasteiger partial charge in [0, 0.05) is 19.1 Å². The van der Waals surface area contributed by atoms with Crippen LogP contribution in [0.25, 0.3) is 0 Å². The fraction of sp³-hybridized carbons (Fsp3) is 1.00. The van der Waals surface area contributed by atoms with Crippen molar-refractivity contribution in [2.75, 3.05) is 26.2 Å². The Morgan fingerprint density at radius 1 is 1.31 bits per heavy atom. The van der Waals surface area contributed by atoms with E-state index in [4.69, 9.17) is 4.74 Å². The maximum atomic E-state index is 5.76. The molecule has 1 rings (SSSR count). The summed E-state index contributed by atoms with van der Waals surface area (Å²) in [5.41, 5.74) is 0. The van der Waals surface area contributed by atoms with E-state index in [1.165, 1.54) is 12.8 Å². The summed E-state index contributed by atoms with van der Waals surface area (Å²) in [6.07, 6.45) is 3.33. The second-order valence-electron chi connectivity index (χ2n) is 5.06. The number of hydrogen-bond acceptors (Lipinski definition) is 3. The first-order valence-electron chi connectivity index (χ1n) is 6.73. The molecule has 0 saturated carbocycles. The van der Waals surface area contributed by atoms with Crippen LogP contribution in [0, 0.1) is 0 Å². The Labute approximate surface area is 101 Å². The quantitative estimate of drug-likeness (QED) is 0.703. The molecule has 0 aromatic carbocycles. The standard InChI is InChI=1S/C13H28N2O/c1-5-14-8-6-7-11(2)15-9-12(3)16-13(4)10-15/h11-14H,5-10H2,1-4H3/t11?,12-,13+. The molecule has 3 heteroatoms. The van der Waals surface area contributed by atoms with E-state index in [-0.39, 0.29) is 0 Å². The molecule has 16 heavy (non-hydrogen) atoms. The van der Waals surface area contributed by atoms with Crippen LogP contribution in [-0.2, 0) is 4.74 Å². The van der Waals surface area contributed by atoms with Gasteiger partial charge in [0.05, 0.1) is 12.2 Å². The van der Waals surface area contributed by atoms with Crippen LogP contribution in [0.3, 0.4) is 0 Å². The normalized spacial score (nSPS) is 29.2. The fourth-order valence-electron chi connectivity index (χ4n) is 2.46. The zero-order chi connectivity index (χ0) is 12.0. The van der Waals surface area contributed by atoms with Crippen LogP contribution in [-0.4, -0.2) is 49.3 Å². The molecule has 0 bridgehead atoms. The average Bonchev–Trinajstić information content (AvgIpc) is 2.22. The zero-order valence-electron chi connectivity index (χ0n) is 11.3. The first-order chi connectivity index (χ1) is 7.63. The second-order valence-corrected chi connectivity index (χ2v) is 5.06. The van der Waals surface area contributed by atoms with Crippen LogP contribution in [0.2, 0.25) is 0 Å². The largest absolute Gasteiger partial charge is 0.373 e. The summed E-state index contributed by atoms with van der Waals surface area (Å²) >= 11 is 0. The molecule has 1 saturated heterocycles. The van der Waals surface area contributed by atoms with E-state index in [1.54, 1.807) is 0 Å². The van der Waals surface area contributed by atoms with E-state index in [1.807, 2.05) is 0 Å². The summed E-state index contributed by atoms with van der Waals surface area (Å²) in [6, 6.07) is 0.687. The molecule has 1 aliphatic heterocycles. The lowest BCUT2D eigenvalue weighted by Crippen LogP contribution is -2.49. The summed E-state index contributed by atoms with van der Waals surface area (Å²) in [6.45, 7) is 13.3. The van der Waals surface area contributed by atoms with E-state index in [0.717, 1.165) is 26.2 Å². The third-order valence-electron chi connectivity index (χ3n) is 3.30. The van der Waals surface area contributed by atoms with Gasteiger partial charge in [-0.15, -0.1) is 0 Å². The van der Waals surface area contributed by atoms with Gasteiger partial charge >= 0.3 is 0 Å². The highest BCUT2D eigenvalue weighted by Crippen LogP contribution is 2.15. The van der Waals surface area contributed by atoms with Crippen molar-refractivity contribution in [1.82, 2.24) is 10.2 Å². The maximum Gasteiger partial charge on any atom is 0.0678 e. The predicted octanol–water partition coefficient (Wildman–Crippen LogP) is 1.87. The van der Waals surface area contributed by atoms with Crippen LogP contribution in [0.4, 0.5) is 0 Å². The first-order valence-corrected chi connectivity index (χ1v) is 6.73. The molecule has 0 aromatic rings. The number of nitrogens with zero attached hydrogens (tertiary/aromatic N) is 1. The van der Waals surface area contributed by atoms with Crippen molar-refractivity contribution in [3.05, 3.63) is 0 Å². The molecule has 0 radical (unpaired) electrons. The average molecular weight is 228 g/mol. The van der Waals surface area contributed by atoms with Gasteiger partial charge in [-0.1, -0.05) is 6.92 Å². The van der Waals surface area contributed by atoms with Crippen molar-refractivity contribution in [1.29, 1.82) is 0 Å². The van der Waals surface area contributed by atoms with Crippen LogP contribution in [0.5, 0.6) is 0 Å². The van der Waals surface area contributed by atoms with Gasteiger partial charge in [-0.3, -0.25) is 4.90 Å². The summed E-state index contributed by atoms with van der Waals surface area (Å²) < 4.78 is 5.76. The smallest absolute Gasteiger partial charge is 0.0678 e. The lowest BCUT2D eigenvalue weighted by atomic mass is 10.1. The minimum absolute atomic E-state index is 0.389. The highest BCUT2D eigenvalue weighted by atomic mass is 16.5. The van der Waals surface area contributed by atoms with Crippen molar-refractivity contribution in [2.24, 2.45) is 0 Å². The lowest BCUT2D eigenvalue weighted by Gasteiger charge is -2.39. The molecule has 3 nitrogen and oxygen atoms in total. The van der Waals surface area contributed by atoms with Crippen molar-refractivity contribution >= 4 is 0 Å². The Morgan fingerprint density at radius 3 is 2.50 bits per heavy atom. The minimum Gasteiger partial charge on any atom is -0.373 e. The van der Waals surface area contributed by atoms with Gasteiger partial charge in [-0.25, -0.2) is 0 Å². The van der Waals surface area contributed by atoms with E-state index in [2.05, 4.69) is 37.9 Å². The number of morpholine rings is 1. The molecule has 96 valence electrons. The van der Waals surface area contributed by atoms with Crippen molar-refractivity contribution in [2.45, 2.75) is 58.8 Å². The number of ether oxygens (including phenoxy) is 1. The molecule has 1 fully saturated rings. The molecule has 1 heterocycles. The summed E-state index contributed by atoms with van der Waals surface area (Å²) in [5, 5.41) is 3.38. The third-order valence-corrected chi connectivity index (χ3v) is 3.30. The molecule has 3 atom stereocenters. The number of hydrogen-bond donors (Lipinski definition) is 1. The molecule has 0 spiro atoms. The maximum absolute atomic E-state index is 5.76. The van der Waals surface area contributed by atoms with E-state index in [0.29, 0.717) is 18.2 Å². The Morgan fingerprint density at radius 2 is 1.94 bits per heavy atom. The predicted molar refractivity (Wildman–Crippen MR) is 68.8 cm³/mol. The fourth-order valence-corrected chi connectivity index (χ4v) is 2.46. The highest BCUT2D eigenvalue weighted by Gasteiger charge is 2.25. The van der Waals surface area contributed by atoms with Gasteiger partial charge in [0.25, 0.3) is 0 Å². The molecular formula is C13H28N2O. The Kier molecular flexibility index (Phi) is 6.32. The van der Waals surface area contributed by atoms with Gasteiger partial charge in [0.15, 0.2) is 0 Å². The second kappa shape index (κ2) is 7.25. The molecule has 0 aromatic heterocycles. The Bertz CT molecular complexity index is 177. The third kappa shape index (κ3) is 4.81.